The minimum absolute atomic E-state index is 0.394. The van der Waals surface area contributed by atoms with E-state index in [0.29, 0.717) is 17.2 Å². The van der Waals surface area contributed by atoms with Gasteiger partial charge in [-0.05, 0) is 49.4 Å². The number of amides is 2. The van der Waals surface area contributed by atoms with Gasteiger partial charge in [-0.3, -0.25) is 5.32 Å². The van der Waals surface area contributed by atoms with Gasteiger partial charge in [0.2, 0.25) is 0 Å². The van der Waals surface area contributed by atoms with Crippen molar-refractivity contribution in [1.29, 1.82) is 0 Å². The summed E-state index contributed by atoms with van der Waals surface area (Å²) < 4.78 is 10.4. The average molecular weight is 375 g/mol. The van der Waals surface area contributed by atoms with Crippen LogP contribution in [0.4, 0.5) is 15.3 Å². The van der Waals surface area contributed by atoms with Crippen LogP contribution in [0.3, 0.4) is 0 Å². The number of benzene rings is 3. The van der Waals surface area contributed by atoms with Crippen molar-refractivity contribution in [3.05, 3.63) is 66.2 Å². The quantitative estimate of drug-likeness (QED) is 0.482. The molecule has 0 atom stereocenters. The van der Waals surface area contributed by atoms with Crippen LogP contribution in [0.5, 0.6) is 11.5 Å². The van der Waals surface area contributed by atoms with Gasteiger partial charge in [0.05, 0.1) is 5.52 Å². The van der Waals surface area contributed by atoms with E-state index in [9.17, 15) is 9.59 Å². The van der Waals surface area contributed by atoms with E-state index < -0.39 is 12.2 Å². The molecule has 2 amide bonds. The van der Waals surface area contributed by atoms with Gasteiger partial charge < -0.3 is 20.2 Å². The van der Waals surface area contributed by atoms with Crippen molar-refractivity contribution in [2.45, 2.75) is 6.92 Å². The summed E-state index contributed by atoms with van der Waals surface area (Å²) in [4.78, 5) is 26.5. The third kappa shape index (κ3) is 3.33. The Balaban J connectivity index is 1.65. The number of hydrogen-bond donors (Lipinski definition) is 3. The zero-order valence-electron chi connectivity index (χ0n) is 15.0. The minimum atomic E-state index is -0.862. The molecule has 4 aromatic rings. The molecule has 1 heterocycles. The lowest BCUT2D eigenvalue weighted by atomic mass is 10.1. The minimum Gasteiger partial charge on any atom is -0.410 e. The third-order valence-corrected chi connectivity index (χ3v) is 4.40. The molecule has 140 valence electrons. The van der Waals surface area contributed by atoms with Crippen LogP contribution in [-0.2, 0) is 0 Å². The molecule has 0 aliphatic carbocycles. The molecule has 0 bridgehead atoms. The topological polar surface area (TPSA) is 106 Å². The van der Waals surface area contributed by atoms with Crippen LogP contribution < -0.4 is 20.5 Å². The third-order valence-electron chi connectivity index (χ3n) is 4.40. The van der Waals surface area contributed by atoms with Crippen molar-refractivity contribution in [2.24, 2.45) is 5.73 Å². The fourth-order valence-electron chi connectivity index (χ4n) is 3.12. The first kappa shape index (κ1) is 17.4. The number of hydrogen-bond acceptors (Lipinski definition) is 4. The maximum absolute atomic E-state index is 12.1. The Labute approximate surface area is 160 Å². The maximum Gasteiger partial charge on any atom is 0.417 e. The fraction of sp³-hybridized carbons (Fsp3) is 0.0476. The molecule has 0 saturated heterocycles. The van der Waals surface area contributed by atoms with Gasteiger partial charge in [-0.15, -0.1) is 0 Å². The first-order chi connectivity index (χ1) is 13.5. The van der Waals surface area contributed by atoms with Gasteiger partial charge in [-0.2, -0.15) is 0 Å². The van der Waals surface area contributed by atoms with Crippen molar-refractivity contribution in [3.8, 4) is 11.5 Å². The summed E-state index contributed by atoms with van der Waals surface area (Å²) in [6, 6.07) is 17.9. The highest BCUT2D eigenvalue weighted by molar-refractivity contribution is 6.09. The molecule has 0 fully saturated rings. The summed E-state index contributed by atoms with van der Waals surface area (Å²) in [5.41, 5.74) is 8.21. The van der Waals surface area contributed by atoms with E-state index in [1.54, 1.807) is 30.3 Å². The van der Waals surface area contributed by atoms with E-state index in [4.69, 9.17) is 15.2 Å². The van der Waals surface area contributed by atoms with Crippen LogP contribution in [0.1, 0.15) is 5.56 Å². The Bertz CT molecular complexity index is 1200. The molecule has 0 saturated carbocycles. The summed E-state index contributed by atoms with van der Waals surface area (Å²) in [6.07, 6.45) is -1.43. The molecular weight excluding hydrogens is 358 g/mol. The number of nitrogens with one attached hydrogen (secondary N) is 2. The predicted molar refractivity (Wildman–Crippen MR) is 107 cm³/mol. The summed E-state index contributed by atoms with van der Waals surface area (Å²) in [7, 11) is 0. The lowest BCUT2D eigenvalue weighted by Gasteiger charge is -2.07. The fourth-order valence-corrected chi connectivity index (χ4v) is 3.12. The number of primary amides is 1. The van der Waals surface area contributed by atoms with E-state index in [0.717, 1.165) is 27.4 Å². The number of fused-ring (bicyclic) bond motifs is 3. The summed E-state index contributed by atoms with van der Waals surface area (Å²) in [6.45, 7) is 1.83. The van der Waals surface area contributed by atoms with Gasteiger partial charge in [0.15, 0.2) is 0 Å². The maximum atomic E-state index is 12.1. The number of para-hydroxylation sites is 1. The molecule has 7 heteroatoms. The second-order valence-electron chi connectivity index (χ2n) is 6.25. The molecule has 3 aromatic carbocycles. The van der Waals surface area contributed by atoms with Gasteiger partial charge in [-0.25, -0.2) is 9.59 Å². The SMILES string of the molecule is Cc1c(OC(N)=O)ccc2c1[nH]c1ccc(OC(=O)Nc3ccccc3)cc12. The van der Waals surface area contributed by atoms with E-state index >= 15 is 0 Å². The second-order valence-corrected chi connectivity index (χ2v) is 6.25. The number of H-pyrrole nitrogens is 1. The van der Waals surface area contributed by atoms with Gasteiger partial charge in [0.1, 0.15) is 11.5 Å². The van der Waals surface area contributed by atoms with Crippen LogP contribution in [0.25, 0.3) is 21.8 Å². The van der Waals surface area contributed by atoms with Crippen molar-refractivity contribution in [3.63, 3.8) is 0 Å². The van der Waals surface area contributed by atoms with Crippen molar-refractivity contribution in [1.82, 2.24) is 4.98 Å². The first-order valence-corrected chi connectivity index (χ1v) is 8.57. The molecule has 0 spiro atoms. The second kappa shape index (κ2) is 6.96. The summed E-state index contributed by atoms with van der Waals surface area (Å²) in [5, 5.41) is 4.47. The number of nitrogens with two attached hydrogens (primary N) is 1. The number of ether oxygens (including phenoxy) is 2. The zero-order valence-corrected chi connectivity index (χ0v) is 15.0. The van der Waals surface area contributed by atoms with Crippen LogP contribution in [-0.4, -0.2) is 17.2 Å². The molecule has 0 radical (unpaired) electrons. The molecule has 0 aliphatic rings. The van der Waals surface area contributed by atoms with Crippen LogP contribution in [0, 0.1) is 6.92 Å². The van der Waals surface area contributed by atoms with Gasteiger partial charge in [0.25, 0.3) is 0 Å². The van der Waals surface area contributed by atoms with Gasteiger partial charge >= 0.3 is 12.2 Å². The van der Waals surface area contributed by atoms with Gasteiger partial charge in [-0.1, -0.05) is 18.2 Å². The molecule has 1 aromatic heterocycles. The smallest absolute Gasteiger partial charge is 0.410 e. The molecule has 28 heavy (non-hydrogen) atoms. The predicted octanol–water partition coefficient (Wildman–Crippen LogP) is 4.70. The molecule has 4 rings (SSSR count). The Morgan fingerprint density at radius 2 is 1.75 bits per heavy atom. The average Bonchev–Trinajstić information content (AvgIpc) is 3.03. The summed E-state index contributed by atoms with van der Waals surface area (Å²) >= 11 is 0. The normalized spacial score (nSPS) is 10.8. The largest absolute Gasteiger partial charge is 0.417 e. The van der Waals surface area contributed by atoms with Crippen molar-refractivity contribution in [2.75, 3.05) is 5.32 Å². The van der Waals surface area contributed by atoms with Crippen LogP contribution in [0.15, 0.2) is 60.7 Å². The monoisotopic (exact) mass is 375 g/mol. The molecule has 7 nitrogen and oxygen atoms in total. The highest BCUT2D eigenvalue weighted by Crippen LogP contribution is 2.34. The molecule has 0 aliphatic heterocycles. The standard InChI is InChI=1S/C21H17N3O4/c1-12-18(28-20(22)25)10-8-15-16-11-14(7-9-17(16)24-19(12)15)27-21(26)23-13-5-3-2-4-6-13/h2-11,24H,1H3,(H2,22,25)(H,23,26). The van der Waals surface area contributed by atoms with E-state index in [1.165, 1.54) is 0 Å². The zero-order chi connectivity index (χ0) is 19.7. The summed E-state index contributed by atoms with van der Waals surface area (Å²) in [5.74, 6) is 0.808. The number of anilines is 1. The van der Waals surface area contributed by atoms with Crippen LogP contribution in [0.2, 0.25) is 0 Å². The number of carbonyl (C=O) groups excluding carboxylic acids is 2. The Morgan fingerprint density at radius 3 is 2.50 bits per heavy atom. The van der Waals surface area contributed by atoms with E-state index in [2.05, 4.69) is 10.3 Å². The lowest BCUT2D eigenvalue weighted by Crippen LogP contribution is -2.16. The molecular formula is C21H17N3O4. The van der Waals surface area contributed by atoms with Gasteiger partial charge in [0, 0.05) is 27.5 Å². The van der Waals surface area contributed by atoms with E-state index in [1.807, 2.05) is 37.3 Å². The Morgan fingerprint density at radius 1 is 0.964 bits per heavy atom. The Kier molecular flexibility index (Phi) is 4.33. The number of carbonyl (C=O) groups is 2. The Hall–Kier alpha value is -4.00. The number of aryl methyl sites for hydroxylation is 1. The van der Waals surface area contributed by atoms with Crippen molar-refractivity contribution < 1.29 is 19.1 Å². The van der Waals surface area contributed by atoms with E-state index in [-0.39, 0.29) is 0 Å². The highest BCUT2D eigenvalue weighted by Gasteiger charge is 2.13. The van der Waals surface area contributed by atoms with Crippen molar-refractivity contribution >= 4 is 39.7 Å². The molecule has 4 N–H and O–H groups in total. The lowest BCUT2D eigenvalue weighted by molar-refractivity contribution is 0.210. The number of rotatable bonds is 3. The number of aromatic amines is 1. The number of aromatic nitrogens is 1. The highest BCUT2D eigenvalue weighted by atomic mass is 16.6. The first-order valence-electron chi connectivity index (χ1n) is 8.57. The molecule has 0 unspecified atom stereocenters. The van der Waals surface area contributed by atoms with Crippen LogP contribution >= 0.6 is 0 Å².